The van der Waals surface area contributed by atoms with Crippen LogP contribution >= 0.6 is 0 Å². The zero-order chi connectivity index (χ0) is 18.5. The van der Waals surface area contributed by atoms with Crippen molar-refractivity contribution in [1.82, 2.24) is 10.1 Å². The summed E-state index contributed by atoms with van der Waals surface area (Å²) in [5, 5.41) is 12.8. The van der Waals surface area contributed by atoms with Gasteiger partial charge in [-0.05, 0) is 37.6 Å². The van der Waals surface area contributed by atoms with Crippen molar-refractivity contribution in [2.24, 2.45) is 0 Å². The van der Waals surface area contributed by atoms with Gasteiger partial charge >= 0.3 is 0 Å². The number of hydrogen-bond donors (Lipinski definition) is 0. The molecule has 0 unspecified atom stereocenters. The Hall–Kier alpha value is -3.40. The standard InChI is InChI=1S/C19H16FN3O3/c1-3-24-17-8-13(10-21)5-7-16(17)25-11-18-22-19(23-26-18)14-6-4-12(2)15(20)9-14/h4-9H,3,11H2,1-2H3. The Bertz CT molecular complexity index is 963. The number of nitrogens with zero attached hydrogens (tertiary/aromatic N) is 3. The van der Waals surface area contributed by atoms with E-state index >= 15 is 0 Å². The summed E-state index contributed by atoms with van der Waals surface area (Å²) in [5.41, 5.74) is 1.55. The smallest absolute Gasteiger partial charge is 0.264 e. The minimum atomic E-state index is -0.330. The van der Waals surface area contributed by atoms with Gasteiger partial charge in [0.2, 0.25) is 5.82 Å². The molecule has 0 N–H and O–H groups in total. The molecule has 0 aliphatic carbocycles. The van der Waals surface area contributed by atoms with E-state index in [1.807, 2.05) is 13.0 Å². The molecule has 132 valence electrons. The van der Waals surface area contributed by atoms with Gasteiger partial charge in [-0.3, -0.25) is 0 Å². The first kappa shape index (κ1) is 17.4. The van der Waals surface area contributed by atoms with Crippen molar-refractivity contribution in [2.45, 2.75) is 20.5 Å². The molecule has 26 heavy (non-hydrogen) atoms. The number of benzene rings is 2. The first-order valence-corrected chi connectivity index (χ1v) is 7.99. The summed E-state index contributed by atoms with van der Waals surface area (Å²) in [7, 11) is 0. The summed E-state index contributed by atoms with van der Waals surface area (Å²) in [6, 6.07) is 11.7. The van der Waals surface area contributed by atoms with E-state index in [2.05, 4.69) is 10.1 Å². The third-order valence-electron chi connectivity index (χ3n) is 3.62. The molecule has 3 aromatic rings. The van der Waals surface area contributed by atoms with Crippen LogP contribution in [-0.4, -0.2) is 16.7 Å². The van der Waals surface area contributed by atoms with Crippen molar-refractivity contribution < 1.29 is 18.4 Å². The van der Waals surface area contributed by atoms with Gasteiger partial charge in [0.25, 0.3) is 5.89 Å². The molecule has 6 nitrogen and oxygen atoms in total. The van der Waals surface area contributed by atoms with Crippen LogP contribution in [0.3, 0.4) is 0 Å². The number of aromatic nitrogens is 2. The maximum Gasteiger partial charge on any atom is 0.264 e. The van der Waals surface area contributed by atoms with Crippen LogP contribution in [0.2, 0.25) is 0 Å². The van der Waals surface area contributed by atoms with Crippen molar-refractivity contribution in [1.29, 1.82) is 5.26 Å². The van der Waals surface area contributed by atoms with Crippen LogP contribution in [-0.2, 0) is 6.61 Å². The largest absolute Gasteiger partial charge is 0.490 e. The van der Waals surface area contributed by atoms with Crippen molar-refractivity contribution in [3.8, 4) is 29.0 Å². The van der Waals surface area contributed by atoms with Gasteiger partial charge < -0.3 is 14.0 Å². The van der Waals surface area contributed by atoms with Crippen LogP contribution in [0.4, 0.5) is 4.39 Å². The molecule has 0 saturated heterocycles. The van der Waals surface area contributed by atoms with Gasteiger partial charge in [-0.15, -0.1) is 0 Å². The number of nitriles is 1. The molecule has 3 rings (SSSR count). The molecule has 7 heteroatoms. The number of rotatable bonds is 6. The highest BCUT2D eigenvalue weighted by molar-refractivity contribution is 5.55. The molecule has 1 heterocycles. The summed E-state index contributed by atoms with van der Waals surface area (Å²) >= 11 is 0. The summed E-state index contributed by atoms with van der Waals surface area (Å²) < 4.78 is 30.0. The summed E-state index contributed by atoms with van der Waals surface area (Å²) in [6.45, 7) is 3.98. The molecule has 0 spiro atoms. The number of halogens is 1. The number of aryl methyl sites for hydroxylation is 1. The molecule has 0 radical (unpaired) electrons. The zero-order valence-electron chi connectivity index (χ0n) is 14.3. The van der Waals surface area contributed by atoms with Crippen LogP contribution in [0.5, 0.6) is 11.5 Å². The Kier molecular flexibility index (Phi) is 5.13. The molecule has 0 bridgehead atoms. The monoisotopic (exact) mass is 353 g/mol. The molecule has 0 fully saturated rings. The highest BCUT2D eigenvalue weighted by atomic mass is 19.1. The fourth-order valence-electron chi connectivity index (χ4n) is 2.27. The van der Waals surface area contributed by atoms with E-state index < -0.39 is 0 Å². The fraction of sp³-hybridized carbons (Fsp3) is 0.211. The molecule has 0 aliphatic rings. The van der Waals surface area contributed by atoms with Gasteiger partial charge in [0, 0.05) is 11.6 Å². The molecule has 1 aromatic heterocycles. The highest BCUT2D eigenvalue weighted by Gasteiger charge is 2.13. The second-order valence-electron chi connectivity index (χ2n) is 5.47. The Morgan fingerprint density at radius 2 is 2.00 bits per heavy atom. The van der Waals surface area contributed by atoms with E-state index in [0.29, 0.717) is 34.8 Å². The lowest BCUT2D eigenvalue weighted by Gasteiger charge is -2.10. The summed E-state index contributed by atoms with van der Waals surface area (Å²) in [6.07, 6.45) is 0. The van der Waals surface area contributed by atoms with Gasteiger partial charge in [-0.1, -0.05) is 17.3 Å². The van der Waals surface area contributed by atoms with Crippen molar-refractivity contribution in [2.75, 3.05) is 6.61 Å². The van der Waals surface area contributed by atoms with Gasteiger partial charge in [-0.2, -0.15) is 10.2 Å². The quantitative estimate of drug-likeness (QED) is 0.665. The third kappa shape index (κ3) is 3.81. The Morgan fingerprint density at radius 3 is 2.73 bits per heavy atom. The first-order chi connectivity index (χ1) is 12.6. The van der Waals surface area contributed by atoms with Gasteiger partial charge in [0.15, 0.2) is 18.1 Å². The lowest BCUT2D eigenvalue weighted by Crippen LogP contribution is -2.00. The molecular formula is C19H16FN3O3. The van der Waals surface area contributed by atoms with E-state index in [-0.39, 0.29) is 24.1 Å². The van der Waals surface area contributed by atoms with Gasteiger partial charge in [0.1, 0.15) is 5.82 Å². The van der Waals surface area contributed by atoms with Crippen LogP contribution in [0.25, 0.3) is 11.4 Å². The highest BCUT2D eigenvalue weighted by Crippen LogP contribution is 2.29. The lowest BCUT2D eigenvalue weighted by atomic mass is 10.1. The maximum atomic E-state index is 13.7. The average molecular weight is 353 g/mol. The summed E-state index contributed by atoms with van der Waals surface area (Å²) in [5.74, 6) is 1.13. The second-order valence-corrected chi connectivity index (χ2v) is 5.47. The minimum Gasteiger partial charge on any atom is -0.490 e. The van der Waals surface area contributed by atoms with Crippen molar-refractivity contribution >= 4 is 0 Å². The van der Waals surface area contributed by atoms with Crippen molar-refractivity contribution in [3.63, 3.8) is 0 Å². The average Bonchev–Trinajstić information content (AvgIpc) is 3.12. The predicted molar refractivity (Wildman–Crippen MR) is 91.1 cm³/mol. The lowest BCUT2D eigenvalue weighted by molar-refractivity contribution is 0.228. The van der Waals surface area contributed by atoms with Crippen molar-refractivity contribution in [3.05, 3.63) is 59.2 Å². The predicted octanol–water partition coefficient (Wildman–Crippen LogP) is 4.03. The van der Waals surface area contributed by atoms with E-state index in [1.165, 1.54) is 6.07 Å². The molecular weight excluding hydrogens is 337 g/mol. The first-order valence-electron chi connectivity index (χ1n) is 7.99. The fourth-order valence-corrected chi connectivity index (χ4v) is 2.27. The molecule has 0 saturated carbocycles. The Labute approximate surface area is 149 Å². The van der Waals surface area contributed by atoms with Gasteiger partial charge in [0.05, 0.1) is 18.2 Å². The summed E-state index contributed by atoms with van der Waals surface area (Å²) in [4.78, 5) is 4.21. The Morgan fingerprint density at radius 1 is 1.15 bits per heavy atom. The number of ether oxygens (including phenoxy) is 2. The van der Waals surface area contributed by atoms with Gasteiger partial charge in [-0.25, -0.2) is 4.39 Å². The van der Waals surface area contributed by atoms with E-state index in [1.54, 1.807) is 37.3 Å². The topological polar surface area (TPSA) is 81.2 Å². The molecule has 2 aromatic carbocycles. The SMILES string of the molecule is CCOc1cc(C#N)ccc1OCc1nc(-c2ccc(C)c(F)c2)no1. The molecule has 0 atom stereocenters. The van der Waals surface area contributed by atoms with E-state index in [4.69, 9.17) is 19.3 Å². The Balaban J connectivity index is 1.74. The number of hydrogen-bond acceptors (Lipinski definition) is 6. The van der Waals surface area contributed by atoms with Crippen LogP contribution < -0.4 is 9.47 Å². The zero-order valence-corrected chi connectivity index (χ0v) is 14.3. The maximum absolute atomic E-state index is 13.7. The third-order valence-corrected chi connectivity index (χ3v) is 3.62. The van der Waals surface area contributed by atoms with Crippen LogP contribution in [0, 0.1) is 24.1 Å². The van der Waals surface area contributed by atoms with Crippen LogP contribution in [0.1, 0.15) is 23.9 Å². The molecule has 0 aliphatic heterocycles. The molecule has 0 amide bonds. The van der Waals surface area contributed by atoms with E-state index in [0.717, 1.165) is 0 Å². The van der Waals surface area contributed by atoms with E-state index in [9.17, 15) is 4.39 Å². The second kappa shape index (κ2) is 7.66. The van der Waals surface area contributed by atoms with Crippen LogP contribution in [0.15, 0.2) is 40.9 Å². The minimum absolute atomic E-state index is 0.0211. The normalized spacial score (nSPS) is 10.4.